The summed E-state index contributed by atoms with van der Waals surface area (Å²) in [7, 11) is 0. The zero-order chi connectivity index (χ0) is 31.4. The second-order valence-electron chi connectivity index (χ2n) is 12.4. The van der Waals surface area contributed by atoms with Crippen LogP contribution in [0.3, 0.4) is 0 Å². The zero-order valence-electron chi connectivity index (χ0n) is 26.1. The quantitative estimate of drug-likeness (QED) is 0.386. The fourth-order valence-electron chi connectivity index (χ4n) is 6.40. The molecule has 3 aliphatic rings. The van der Waals surface area contributed by atoms with Gasteiger partial charge < -0.3 is 30.1 Å². The monoisotopic (exact) mass is 612 g/mol. The molecular formula is C32H45FN6O5. The summed E-state index contributed by atoms with van der Waals surface area (Å²) in [6.07, 6.45) is 0.298. The van der Waals surface area contributed by atoms with Gasteiger partial charge in [-0.2, -0.15) is 0 Å². The number of nitrogens with one attached hydrogen (secondary N) is 2. The van der Waals surface area contributed by atoms with Gasteiger partial charge in [0.1, 0.15) is 23.8 Å². The summed E-state index contributed by atoms with van der Waals surface area (Å²) in [5, 5.41) is 15.5. The van der Waals surface area contributed by atoms with Crippen LogP contribution in [0, 0.1) is 5.82 Å². The van der Waals surface area contributed by atoms with E-state index in [0.29, 0.717) is 43.0 Å². The number of carbonyl (C=O) groups is 2. The second-order valence-corrected chi connectivity index (χ2v) is 12.4. The summed E-state index contributed by atoms with van der Waals surface area (Å²) in [6.45, 7) is 12.6. The van der Waals surface area contributed by atoms with Gasteiger partial charge in [0.2, 0.25) is 11.8 Å². The number of benzene rings is 1. The number of hydrogen-bond acceptors (Lipinski definition) is 9. The van der Waals surface area contributed by atoms with Crippen LogP contribution in [0.15, 0.2) is 30.3 Å². The van der Waals surface area contributed by atoms with Gasteiger partial charge >= 0.3 is 0 Å². The van der Waals surface area contributed by atoms with Crippen LogP contribution in [0.4, 0.5) is 10.1 Å². The zero-order valence-corrected chi connectivity index (χ0v) is 26.1. The van der Waals surface area contributed by atoms with Crippen molar-refractivity contribution in [3.63, 3.8) is 0 Å². The molecule has 0 spiro atoms. The fourth-order valence-corrected chi connectivity index (χ4v) is 6.40. The average Bonchev–Trinajstić information content (AvgIpc) is 2.99. The Morgan fingerprint density at radius 1 is 1.09 bits per heavy atom. The number of aliphatic hydroxyl groups is 1. The van der Waals surface area contributed by atoms with E-state index >= 15 is 0 Å². The summed E-state index contributed by atoms with van der Waals surface area (Å²) in [6, 6.07) is 8.61. The maximum absolute atomic E-state index is 14.2. The number of nitrogens with zero attached hydrogens (tertiary/aromatic N) is 4. The van der Waals surface area contributed by atoms with E-state index in [1.807, 2.05) is 6.92 Å². The van der Waals surface area contributed by atoms with Gasteiger partial charge in [0.15, 0.2) is 0 Å². The lowest BCUT2D eigenvalue weighted by molar-refractivity contribution is -0.122. The highest BCUT2D eigenvalue weighted by Gasteiger charge is 2.37. The van der Waals surface area contributed by atoms with E-state index in [4.69, 9.17) is 9.47 Å². The van der Waals surface area contributed by atoms with Crippen molar-refractivity contribution in [1.29, 1.82) is 0 Å². The number of aliphatic hydroxyl groups excluding tert-OH is 1. The van der Waals surface area contributed by atoms with Crippen LogP contribution in [0.1, 0.15) is 49.3 Å². The molecule has 3 N–H and O–H groups in total. The maximum Gasteiger partial charge on any atom is 0.270 e. The number of hydrogen-bond donors (Lipinski definition) is 3. The highest BCUT2D eigenvalue weighted by Crippen LogP contribution is 2.35. The Labute approximate surface area is 258 Å². The molecule has 2 fully saturated rings. The van der Waals surface area contributed by atoms with Gasteiger partial charge in [-0.05, 0) is 63.4 Å². The minimum absolute atomic E-state index is 0.0590. The third-order valence-electron chi connectivity index (χ3n) is 8.74. The number of halogens is 1. The Balaban J connectivity index is 1.42. The molecule has 4 heterocycles. The summed E-state index contributed by atoms with van der Waals surface area (Å²) in [4.78, 5) is 38.3. The van der Waals surface area contributed by atoms with Gasteiger partial charge in [-0.15, -0.1) is 0 Å². The number of pyridine rings is 1. The number of rotatable bonds is 9. The summed E-state index contributed by atoms with van der Waals surface area (Å²) in [5.74, 6) is -0.649. The molecule has 0 radical (unpaired) electrons. The van der Waals surface area contributed by atoms with Crippen molar-refractivity contribution < 1.29 is 28.6 Å². The Bertz CT molecular complexity index is 1300. The number of aromatic nitrogens is 1. The van der Waals surface area contributed by atoms with Crippen LogP contribution >= 0.6 is 0 Å². The van der Waals surface area contributed by atoms with Crippen LogP contribution in [-0.4, -0.2) is 121 Å². The number of carbonyl (C=O) groups excluding carboxylic acids is 2. The minimum atomic E-state index is -0.455. The molecule has 240 valence electrons. The molecular weight excluding hydrogens is 567 g/mol. The summed E-state index contributed by atoms with van der Waals surface area (Å²) < 4.78 is 25.3. The lowest BCUT2D eigenvalue weighted by atomic mass is 10.0. The summed E-state index contributed by atoms with van der Waals surface area (Å²) >= 11 is 0. The van der Waals surface area contributed by atoms with Crippen molar-refractivity contribution in [2.24, 2.45) is 0 Å². The minimum Gasteiger partial charge on any atom is -0.474 e. The molecule has 44 heavy (non-hydrogen) atoms. The molecule has 1 unspecified atom stereocenters. The van der Waals surface area contributed by atoms with Crippen LogP contribution in [0.25, 0.3) is 0 Å². The molecule has 1 aromatic heterocycles. The first-order chi connectivity index (χ1) is 21.1. The fraction of sp³-hybridized carbons (Fsp3) is 0.594. The number of anilines is 1. The number of piperazine rings is 1. The standard InChI is InChI=1S/C32H45FN6O5/c1-20-14-37(27(13-35-20)15-38-21(2)17-43-18-22(38)3)16-29(41)39-23(4)19-44-32-28(39)12-25(11-24-5-7-26(33)8-6-24)30(36-32)31(42)34-9-10-40/h5-8,12,20-23,27,35,40H,9-11,13-19H2,1-4H3,(H,34,42)/t20-,21-,22-,23?,27-/m1/s1. The topological polar surface area (TPSA) is 119 Å². The molecule has 0 bridgehead atoms. The van der Waals surface area contributed by atoms with Crippen molar-refractivity contribution in [3.8, 4) is 5.88 Å². The Morgan fingerprint density at radius 2 is 1.82 bits per heavy atom. The van der Waals surface area contributed by atoms with E-state index in [1.54, 1.807) is 23.1 Å². The smallest absolute Gasteiger partial charge is 0.270 e. The molecule has 2 aromatic rings. The van der Waals surface area contributed by atoms with Gasteiger partial charge in [-0.25, -0.2) is 9.37 Å². The molecule has 3 aliphatic heterocycles. The van der Waals surface area contributed by atoms with Gasteiger partial charge in [0.25, 0.3) is 5.91 Å². The molecule has 11 nitrogen and oxygen atoms in total. The van der Waals surface area contributed by atoms with E-state index in [2.05, 4.69) is 46.2 Å². The third-order valence-corrected chi connectivity index (χ3v) is 8.74. The molecule has 2 amide bonds. The maximum atomic E-state index is 14.2. The van der Waals surface area contributed by atoms with E-state index in [1.165, 1.54) is 12.1 Å². The molecule has 0 aliphatic carbocycles. The molecule has 5 atom stereocenters. The lowest BCUT2D eigenvalue weighted by Gasteiger charge is -2.46. The van der Waals surface area contributed by atoms with Gasteiger partial charge in [-0.3, -0.25) is 19.4 Å². The van der Waals surface area contributed by atoms with Crippen LogP contribution in [0.5, 0.6) is 5.88 Å². The first-order valence-electron chi connectivity index (χ1n) is 15.6. The van der Waals surface area contributed by atoms with Crippen LogP contribution in [0.2, 0.25) is 0 Å². The molecule has 1 aromatic carbocycles. The van der Waals surface area contributed by atoms with E-state index in [-0.39, 0.29) is 67.7 Å². The third kappa shape index (κ3) is 7.37. The van der Waals surface area contributed by atoms with Gasteiger partial charge in [0, 0.05) is 50.3 Å². The molecule has 0 saturated carbocycles. The van der Waals surface area contributed by atoms with E-state index in [9.17, 15) is 19.1 Å². The van der Waals surface area contributed by atoms with Gasteiger partial charge in [0.05, 0.1) is 32.4 Å². The Kier molecular flexibility index (Phi) is 10.5. The Hall–Kier alpha value is -3.16. The lowest BCUT2D eigenvalue weighted by Crippen LogP contribution is -2.63. The van der Waals surface area contributed by atoms with Crippen molar-refractivity contribution in [2.45, 2.75) is 64.3 Å². The number of amides is 2. The van der Waals surface area contributed by atoms with E-state index in [0.717, 1.165) is 25.2 Å². The number of morpholine rings is 1. The Morgan fingerprint density at radius 3 is 2.52 bits per heavy atom. The largest absolute Gasteiger partial charge is 0.474 e. The normalized spacial score (nSPS) is 26.1. The predicted molar refractivity (Wildman–Crippen MR) is 165 cm³/mol. The number of fused-ring (bicyclic) bond motifs is 1. The predicted octanol–water partition coefficient (Wildman–Crippen LogP) is 1.42. The van der Waals surface area contributed by atoms with Crippen molar-refractivity contribution in [3.05, 3.63) is 53.0 Å². The average molecular weight is 613 g/mol. The second kappa shape index (κ2) is 14.3. The van der Waals surface area contributed by atoms with E-state index < -0.39 is 5.91 Å². The van der Waals surface area contributed by atoms with Crippen LogP contribution in [-0.2, 0) is 16.0 Å². The molecule has 2 saturated heterocycles. The first kappa shape index (κ1) is 32.2. The van der Waals surface area contributed by atoms with Crippen LogP contribution < -0.4 is 20.3 Å². The SMILES string of the molecule is CC1COc2nc(C(=O)NCCO)c(Cc3ccc(F)cc3)cc2N1C(=O)CN1C[C@@H](C)NC[C@@H]1CN1[C@H](C)COC[C@H]1C. The summed E-state index contributed by atoms with van der Waals surface area (Å²) in [5.41, 5.74) is 2.02. The number of ether oxygens (including phenoxy) is 2. The molecule has 5 rings (SSSR count). The highest BCUT2D eigenvalue weighted by molar-refractivity contribution is 5.99. The van der Waals surface area contributed by atoms with Crippen molar-refractivity contribution in [2.75, 3.05) is 64.1 Å². The first-order valence-corrected chi connectivity index (χ1v) is 15.6. The highest BCUT2D eigenvalue weighted by atomic mass is 19.1. The van der Waals surface area contributed by atoms with Gasteiger partial charge in [-0.1, -0.05) is 12.1 Å². The van der Waals surface area contributed by atoms with Crippen molar-refractivity contribution >= 4 is 17.5 Å². The van der Waals surface area contributed by atoms with Crippen molar-refractivity contribution in [1.82, 2.24) is 25.4 Å². The molecule has 12 heteroatoms.